The molecule has 0 aromatic heterocycles. The molecule has 136 valence electrons. The number of hydrogen-bond acceptors (Lipinski definition) is 4. The summed E-state index contributed by atoms with van der Waals surface area (Å²) in [4.78, 5) is 0.309. The summed E-state index contributed by atoms with van der Waals surface area (Å²) in [7, 11) is -3.55. The summed E-state index contributed by atoms with van der Waals surface area (Å²) in [6, 6.07) is 4.93. The molecule has 3 rings (SSSR count). The van der Waals surface area contributed by atoms with E-state index in [0.717, 1.165) is 43.4 Å². The lowest BCUT2D eigenvalue weighted by Gasteiger charge is -2.29. The molecule has 1 aliphatic carbocycles. The number of sulfonamides is 1. The minimum atomic E-state index is -3.55. The fourth-order valence-electron chi connectivity index (χ4n) is 3.71. The van der Waals surface area contributed by atoms with Crippen LogP contribution in [-0.4, -0.2) is 27.1 Å². The molecule has 1 aromatic carbocycles. The van der Waals surface area contributed by atoms with Crippen LogP contribution in [0.2, 0.25) is 0 Å². The summed E-state index contributed by atoms with van der Waals surface area (Å²) in [5, 5.41) is 0. The van der Waals surface area contributed by atoms with Gasteiger partial charge in [-0.3, -0.25) is 0 Å². The Kier molecular flexibility index (Phi) is 6.53. The molecule has 0 amide bonds. The number of benzene rings is 1. The Balaban J connectivity index is 0.00000208. The molecule has 0 bridgehead atoms. The van der Waals surface area contributed by atoms with Gasteiger partial charge in [0, 0.05) is 19.0 Å². The Morgan fingerprint density at radius 2 is 2.00 bits per heavy atom. The molecule has 1 fully saturated rings. The van der Waals surface area contributed by atoms with Gasteiger partial charge in [-0.2, -0.15) is 0 Å². The molecule has 1 aliphatic heterocycles. The van der Waals surface area contributed by atoms with Gasteiger partial charge < -0.3 is 10.5 Å². The van der Waals surface area contributed by atoms with Crippen LogP contribution in [0.15, 0.2) is 23.1 Å². The average molecular weight is 375 g/mol. The van der Waals surface area contributed by atoms with E-state index in [0.29, 0.717) is 17.4 Å². The first-order chi connectivity index (χ1) is 11.0. The Bertz CT molecular complexity index is 660. The zero-order chi connectivity index (χ0) is 16.4. The highest BCUT2D eigenvalue weighted by molar-refractivity contribution is 7.89. The van der Waals surface area contributed by atoms with E-state index in [-0.39, 0.29) is 24.6 Å². The third-order valence-corrected chi connectivity index (χ3v) is 6.44. The van der Waals surface area contributed by atoms with Gasteiger partial charge in [-0.15, -0.1) is 12.4 Å². The number of hydrogen-bond donors (Lipinski definition) is 2. The van der Waals surface area contributed by atoms with E-state index in [1.165, 1.54) is 6.42 Å². The topological polar surface area (TPSA) is 81.4 Å². The van der Waals surface area contributed by atoms with Crippen molar-refractivity contribution < 1.29 is 13.2 Å². The van der Waals surface area contributed by atoms with Crippen LogP contribution in [-0.2, 0) is 16.4 Å². The molecule has 1 aromatic rings. The highest BCUT2D eigenvalue weighted by Gasteiger charge is 2.28. The number of halogens is 1. The van der Waals surface area contributed by atoms with Gasteiger partial charge in [0.15, 0.2) is 0 Å². The first kappa shape index (κ1) is 19.5. The molecule has 5 nitrogen and oxygen atoms in total. The van der Waals surface area contributed by atoms with Gasteiger partial charge >= 0.3 is 0 Å². The Hall–Kier alpha value is -0.820. The van der Waals surface area contributed by atoms with Gasteiger partial charge in [-0.25, -0.2) is 13.1 Å². The lowest BCUT2D eigenvalue weighted by molar-refractivity contribution is 0.254. The van der Waals surface area contributed by atoms with E-state index >= 15 is 0 Å². The normalized spacial score (nSPS) is 22.3. The van der Waals surface area contributed by atoms with Crippen molar-refractivity contribution in [2.24, 2.45) is 11.7 Å². The second kappa shape index (κ2) is 8.04. The van der Waals surface area contributed by atoms with Crippen molar-refractivity contribution in [2.45, 2.75) is 62.5 Å². The second-order valence-corrected chi connectivity index (χ2v) is 8.48. The summed E-state index contributed by atoms with van der Waals surface area (Å²) in [6.07, 6.45) is 6.54. The highest BCUT2D eigenvalue weighted by atomic mass is 35.5. The molecule has 1 heterocycles. The van der Waals surface area contributed by atoms with Crippen LogP contribution in [0, 0.1) is 5.92 Å². The van der Waals surface area contributed by atoms with E-state index in [4.69, 9.17) is 10.5 Å². The first-order valence-corrected chi connectivity index (χ1v) is 10.00. The SMILES string of the molecule is CC1Cc2cc(S(=O)(=O)NC(CN)C3CCCCC3)ccc2O1.Cl. The fraction of sp³-hybridized carbons (Fsp3) is 0.647. The maximum atomic E-state index is 12.7. The Labute approximate surface area is 150 Å². The zero-order valence-electron chi connectivity index (χ0n) is 14.0. The van der Waals surface area contributed by atoms with Crippen molar-refractivity contribution in [2.75, 3.05) is 6.54 Å². The summed E-state index contributed by atoms with van der Waals surface area (Å²) in [5.74, 6) is 1.14. The van der Waals surface area contributed by atoms with Gasteiger partial charge in [-0.05, 0) is 49.4 Å². The monoisotopic (exact) mass is 374 g/mol. The predicted molar refractivity (Wildman–Crippen MR) is 97.2 cm³/mol. The summed E-state index contributed by atoms with van der Waals surface area (Å²) >= 11 is 0. The molecule has 2 atom stereocenters. The first-order valence-electron chi connectivity index (χ1n) is 8.51. The van der Waals surface area contributed by atoms with Crippen LogP contribution in [0.1, 0.15) is 44.6 Å². The lowest BCUT2D eigenvalue weighted by atomic mass is 9.84. The second-order valence-electron chi connectivity index (χ2n) is 6.76. The minimum Gasteiger partial charge on any atom is -0.490 e. The largest absolute Gasteiger partial charge is 0.490 e. The molecule has 0 spiro atoms. The standard InChI is InChI=1S/C17H26N2O3S.ClH/c1-12-9-14-10-15(7-8-17(14)22-12)23(20,21)19-16(11-18)13-5-3-2-4-6-13;/h7-8,10,12-13,16,19H,2-6,9,11,18H2,1H3;1H. The van der Waals surface area contributed by atoms with Crippen molar-refractivity contribution in [3.05, 3.63) is 23.8 Å². The number of fused-ring (bicyclic) bond motifs is 1. The predicted octanol–water partition coefficient (Wildman–Crippen LogP) is 2.62. The highest BCUT2D eigenvalue weighted by Crippen LogP contribution is 2.31. The third kappa shape index (κ3) is 4.23. The maximum Gasteiger partial charge on any atom is 0.240 e. The van der Waals surface area contributed by atoms with Crippen molar-refractivity contribution in [1.82, 2.24) is 4.72 Å². The lowest BCUT2D eigenvalue weighted by Crippen LogP contribution is -2.45. The van der Waals surface area contributed by atoms with Gasteiger partial charge in [0.05, 0.1) is 4.90 Å². The van der Waals surface area contributed by atoms with Crippen molar-refractivity contribution in [1.29, 1.82) is 0 Å². The van der Waals surface area contributed by atoms with Gasteiger partial charge in [-0.1, -0.05) is 19.3 Å². The molecule has 24 heavy (non-hydrogen) atoms. The van der Waals surface area contributed by atoms with E-state index in [2.05, 4.69) is 4.72 Å². The minimum absolute atomic E-state index is 0. The quantitative estimate of drug-likeness (QED) is 0.830. The molecular weight excluding hydrogens is 348 g/mol. The maximum absolute atomic E-state index is 12.7. The van der Waals surface area contributed by atoms with Crippen LogP contribution in [0.5, 0.6) is 5.75 Å². The van der Waals surface area contributed by atoms with Crippen molar-refractivity contribution in [3.8, 4) is 5.75 Å². The van der Waals surface area contributed by atoms with Crippen LogP contribution < -0.4 is 15.2 Å². The molecule has 0 saturated heterocycles. The molecule has 3 N–H and O–H groups in total. The fourth-order valence-corrected chi connectivity index (χ4v) is 5.07. The van der Waals surface area contributed by atoms with Crippen LogP contribution in [0.4, 0.5) is 0 Å². The summed E-state index contributed by atoms with van der Waals surface area (Å²) in [5.41, 5.74) is 6.81. The number of nitrogens with two attached hydrogens (primary N) is 1. The molecule has 2 unspecified atom stereocenters. The van der Waals surface area contributed by atoms with E-state index in [1.807, 2.05) is 6.92 Å². The van der Waals surface area contributed by atoms with Gasteiger partial charge in [0.1, 0.15) is 11.9 Å². The smallest absolute Gasteiger partial charge is 0.240 e. The van der Waals surface area contributed by atoms with Crippen molar-refractivity contribution >= 4 is 22.4 Å². The van der Waals surface area contributed by atoms with Gasteiger partial charge in [0.25, 0.3) is 0 Å². The van der Waals surface area contributed by atoms with Crippen LogP contribution in [0.25, 0.3) is 0 Å². The van der Waals surface area contributed by atoms with E-state index < -0.39 is 10.0 Å². The zero-order valence-corrected chi connectivity index (χ0v) is 15.7. The number of nitrogens with one attached hydrogen (secondary N) is 1. The van der Waals surface area contributed by atoms with Crippen LogP contribution in [0.3, 0.4) is 0 Å². The third-order valence-electron chi connectivity index (χ3n) is 4.96. The Morgan fingerprint density at radius 3 is 2.67 bits per heavy atom. The van der Waals surface area contributed by atoms with E-state index in [9.17, 15) is 8.42 Å². The molecular formula is C17H27ClN2O3S. The van der Waals surface area contributed by atoms with Gasteiger partial charge in [0.2, 0.25) is 10.0 Å². The number of ether oxygens (including phenoxy) is 1. The molecule has 2 aliphatic rings. The summed E-state index contributed by atoms with van der Waals surface area (Å²) in [6.45, 7) is 2.33. The van der Waals surface area contributed by atoms with E-state index in [1.54, 1.807) is 18.2 Å². The molecule has 0 radical (unpaired) electrons. The summed E-state index contributed by atoms with van der Waals surface area (Å²) < 4.78 is 33.9. The molecule has 1 saturated carbocycles. The molecule has 7 heteroatoms. The van der Waals surface area contributed by atoms with Crippen molar-refractivity contribution in [3.63, 3.8) is 0 Å². The van der Waals surface area contributed by atoms with Crippen LogP contribution >= 0.6 is 12.4 Å². The Morgan fingerprint density at radius 1 is 1.29 bits per heavy atom. The number of rotatable bonds is 5. The average Bonchev–Trinajstić information content (AvgIpc) is 2.92.